The highest BCUT2D eigenvalue weighted by atomic mass is 16.6. The molecular formula is C21H23NO3. The van der Waals surface area contributed by atoms with Gasteiger partial charge in [-0.25, -0.2) is 4.79 Å². The van der Waals surface area contributed by atoms with Gasteiger partial charge in [0.1, 0.15) is 6.61 Å². The number of likely N-dealkylation sites (tertiary alicyclic amines) is 1. The lowest BCUT2D eigenvalue weighted by atomic mass is 9.98. The van der Waals surface area contributed by atoms with Crippen LogP contribution in [0.15, 0.2) is 48.5 Å². The van der Waals surface area contributed by atoms with E-state index in [1.807, 2.05) is 24.3 Å². The van der Waals surface area contributed by atoms with Gasteiger partial charge in [0.25, 0.3) is 0 Å². The summed E-state index contributed by atoms with van der Waals surface area (Å²) in [5, 5.41) is 9.50. The number of carbonyl (C=O) groups is 1. The number of benzene rings is 2. The lowest BCUT2D eigenvalue weighted by Gasteiger charge is -2.34. The highest BCUT2D eigenvalue weighted by molar-refractivity contribution is 5.79. The van der Waals surface area contributed by atoms with E-state index in [4.69, 9.17) is 4.74 Å². The summed E-state index contributed by atoms with van der Waals surface area (Å²) >= 11 is 0. The minimum absolute atomic E-state index is 0.00416. The molecule has 1 aliphatic heterocycles. The van der Waals surface area contributed by atoms with Gasteiger partial charge in [-0.1, -0.05) is 48.5 Å². The molecule has 1 heterocycles. The van der Waals surface area contributed by atoms with Gasteiger partial charge in [-0.2, -0.15) is 0 Å². The third-order valence-electron chi connectivity index (χ3n) is 5.41. The Morgan fingerprint density at radius 2 is 1.68 bits per heavy atom. The van der Waals surface area contributed by atoms with Crippen LogP contribution in [0.25, 0.3) is 11.1 Å². The molecule has 2 aliphatic rings. The monoisotopic (exact) mass is 337 g/mol. The minimum Gasteiger partial charge on any atom is -0.448 e. The zero-order chi connectivity index (χ0) is 17.2. The Hall–Kier alpha value is -2.33. The topological polar surface area (TPSA) is 49.8 Å². The van der Waals surface area contributed by atoms with Crippen molar-refractivity contribution in [3.05, 3.63) is 59.7 Å². The summed E-state index contributed by atoms with van der Waals surface area (Å²) in [6, 6.07) is 16.5. The number of amides is 1. The number of rotatable bonds is 3. The van der Waals surface area contributed by atoms with Crippen molar-refractivity contribution in [2.45, 2.75) is 31.2 Å². The molecule has 4 heteroatoms. The molecule has 25 heavy (non-hydrogen) atoms. The van der Waals surface area contributed by atoms with Gasteiger partial charge < -0.3 is 14.7 Å². The molecular weight excluding hydrogens is 314 g/mol. The fourth-order valence-electron chi connectivity index (χ4n) is 4.11. The van der Waals surface area contributed by atoms with Crippen molar-refractivity contribution in [1.29, 1.82) is 0 Å². The molecule has 2 aromatic rings. The van der Waals surface area contributed by atoms with Crippen LogP contribution in [0.4, 0.5) is 4.79 Å². The third-order valence-corrected chi connectivity index (χ3v) is 5.41. The Labute approximate surface area is 148 Å². The highest BCUT2D eigenvalue weighted by Crippen LogP contribution is 2.44. The maximum atomic E-state index is 12.5. The number of aliphatic hydroxyl groups excluding tert-OH is 1. The molecule has 1 saturated heterocycles. The molecule has 1 unspecified atom stereocenters. The smallest absolute Gasteiger partial charge is 0.410 e. The van der Waals surface area contributed by atoms with Gasteiger partial charge in [0.05, 0.1) is 12.6 Å². The summed E-state index contributed by atoms with van der Waals surface area (Å²) < 4.78 is 5.69. The quantitative estimate of drug-likeness (QED) is 0.927. The fourth-order valence-corrected chi connectivity index (χ4v) is 4.11. The van der Waals surface area contributed by atoms with E-state index in [0.29, 0.717) is 13.2 Å². The fraction of sp³-hybridized carbons (Fsp3) is 0.381. The summed E-state index contributed by atoms with van der Waals surface area (Å²) in [5.41, 5.74) is 4.89. The van der Waals surface area contributed by atoms with E-state index in [9.17, 15) is 9.90 Å². The number of hydrogen-bond donors (Lipinski definition) is 1. The average Bonchev–Trinajstić information content (AvgIpc) is 3.00. The van der Waals surface area contributed by atoms with Crippen molar-refractivity contribution in [3.63, 3.8) is 0 Å². The Morgan fingerprint density at radius 3 is 2.32 bits per heavy atom. The summed E-state index contributed by atoms with van der Waals surface area (Å²) in [4.78, 5) is 14.2. The molecule has 0 bridgehead atoms. The van der Waals surface area contributed by atoms with Crippen molar-refractivity contribution < 1.29 is 14.6 Å². The predicted octanol–water partition coefficient (Wildman–Crippen LogP) is 3.78. The molecule has 4 rings (SSSR count). The van der Waals surface area contributed by atoms with Gasteiger partial charge in [-0.3, -0.25) is 0 Å². The molecule has 1 atom stereocenters. The summed E-state index contributed by atoms with van der Waals surface area (Å²) in [5.74, 6) is 0.0775. The van der Waals surface area contributed by atoms with Crippen LogP contribution in [-0.4, -0.2) is 41.9 Å². The van der Waals surface area contributed by atoms with Crippen LogP contribution in [0.3, 0.4) is 0 Å². The number of carbonyl (C=O) groups excluding carboxylic acids is 1. The van der Waals surface area contributed by atoms with Crippen LogP contribution in [0.1, 0.15) is 36.3 Å². The molecule has 1 amide bonds. The minimum atomic E-state index is -0.305. The number of ether oxygens (including phenoxy) is 1. The summed E-state index contributed by atoms with van der Waals surface area (Å²) in [6.07, 6.45) is 2.57. The maximum Gasteiger partial charge on any atom is 0.410 e. The molecule has 0 saturated carbocycles. The first-order valence-electron chi connectivity index (χ1n) is 9.02. The van der Waals surface area contributed by atoms with Gasteiger partial charge >= 0.3 is 6.09 Å². The number of aliphatic hydroxyl groups is 1. The van der Waals surface area contributed by atoms with Crippen LogP contribution >= 0.6 is 0 Å². The molecule has 1 fully saturated rings. The lowest BCUT2D eigenvalue weighted by molar-refractivity contribution is 0.0525. The van der Waals surface area contributed by atoms with Gasteiger partial charge in [-0.15, -0.1) is 0 Å². The molecule has 0 aromatic heterocycles. The molecule has 4 nitrogen and oxygen atoms in total. The van der Waals surface area contributed by atoms with Crippen LogP contribution in [0.2, 0.25) is 0 Å². The van der Waals surface area contributed by atoms with E-state index < -0.39 is 0 Å². The van der Waals surface area contributed by atoms with Crippen molar-refractivity contribution in [1.82, 2.24) is 4.90 Å². The Bertz CT molecular complexity index is 728. The van der Waals surface area contributed by atoms with Crippen LogP contribution in [0, 0.1) is 0 Å². The number of piperidine rings is 1. The SMILES string of the molecule is O=C(OCC1c2ccccc2-c2ccccc21)N1CCCCC1CO. The van der Waals surface area contributed by atoms with Crippen molar-refractivity contribution in [2.24, 2.45) is 0 Å². The van der Waals surface area contributed by atoms with Crippen molar-refractivity contribution in [3.8, 4) is 11.1 Å². The second-order valence-electron chi connectivity index (χ2n) is 6.83. The van der Waals surface area contributed by atoms with Gasteiger partial charge in [-0.05, 0) is 41.5 Å². The standard InChI is InChI=1S/C21H23NO3/c23-13-15-7-5-6-12-22(15)21(24)25-14-20-18-10-3-1-8-16(18)17-9-2-4-11-19(17)20/h1-4,8-11,15,20,23H,5-7,12-14H2. The van der Waals surface area contributed by atoms with Crippen LogP contribution < -0.4 is 0 Å². The van der Waals surface area contributed by atoms with E-state index in [0.717, 1.165) is 19.3 Å². The maximum absolute atomic E-state index is 12.5. The van der Waals surface area contributed by atoms with Gasteiger partial charge in [0.2, 0.25) is 0 Å². The van der Waals surface area contributed by atoms with Gasteiger partial charge in [0, 0.05) is 12.5 Å². The van der Waals surface area contributed by atoms with E-state index >= 15 is 0 Å². The van der Waals surface area contributed by atoms with Crippen molar-refractivity contribution in [2.75, 3.05) is 19.8 Å². The zero-order valence-electron chi connectivity index (χ0n) is 14.2. The Balaban J connectivity index is 1.52. The van der Waals surface area contributed by atoms with E-state index in [1.165, 1.54) is 22.3 Å². The number of nitrogens with zero attached hydrogens (tertiary/aromatic N) is 1. The predicted molar refractivity (Wildman–Crippen MR) is 96.5 cm³/mol. The number of fused-ring (bicyclic) bond motifs is 3. The van der Waals surface area contributed by atoms with E-state index in [2.05, 4.69) is 24.3 Å². The average molecular weight is 337 g/mol. The van der Waals surface area contributed by atoms with Crippen molar-refractivity contribution >= 4 is 6.09 Å². The molecule has 0 spiro atoms. The summed E-state index contributed by atoms with van der Waals surface area (Å²) in [7, 11) is 0. The number of hydrogen-bond acceptors (Lipinski definition) is 3. The first-order chi connectivity index (χ1) is 12.3. The second kappa shape index (κ2) is 6.89. The normalized spacial score (nSPS) is 19.4. The van der Waals surface area contributed by atoms with Crippen LogP contribution in [0.5, 0.6) is 0 Å². The van der Waals surface area contributed by atoms with Gasteiger partial charge in [0.15, 0.2) is 0 Å². The molecule has 0 radical (unpaired) electrons. The molecule has 130 valence electrons. The summed E-state index contributed by atoms with van der Waals surface area (Å²) in [6.45, 7) is 1.01. The highest BCUT2D eigenvalue weighted by Gasteiger charge is 2.31. The molecule has 2 aromatic carbocycles. The second-order valence-corrected chi connectivity index (χ2v) is 6.83. The lowest BCUT2D eigenvalue weighted by Crippen LogP contribution is -2.46. The van der Waals surface area contributed by atoms with E-state index in [1.54, 1.807) is 4.90 Å². The Morgan fingerprint density at radius 1 is 1.04 bits per heavy atom. The van der Waals surface area contributed by atoms with Crippen LogP contribution in [-0.2, 0) is 4.74 Å². The zero-order valence-corrected chi connectivity index (χ0v) is 14.2. The first kappa shape index (κ1) is 16.2. The molecule has 1 aliphatic carbocycles. The van der Waals surface area contributed by atoms with E-state index in [-0.39, 0.29) is 24.7 Å². The molecule has 1 N–H and O–H groups in total. The third kappa shape index (κ3) is 2.91. The largest absolute Gasteiger partial charge is 0.448 e. The first-order valence-corrected chi connectivity index (χ1v) is 9.02. The Kier molecular flexibility index (Phi) is 4.45.